The highest BCUT2D eigenvalue weighted by Gasteiger charge is 2.45. The summed E-state index contributed by atoms with van der Waals surface area (Å²) in [6, 6.07) is 9.64. The lowest BCUT2D eigenvalue weighted by atomic mass is 9.68. The molecular weight excluding hydrogens is 368 g/mol. The van der Waals surface area contributed by atoms with Gasteiger partial charge in [0.05, 0.1) is 24.7 Å². The lowest BCUT2D eigenvalue weighted by Crippen LogP contribution is -2.42. The first kappa shape index (κ1) is 18.7. The highest BCUT2D eigenvalue weighted by atomic mass is 16.5. The maximum atomic E-state index is 13.4. The van der Waals surface area contributed by atoms with Crippen LogP contribution in [-0.4, -0.2) is 28.1 Å². The number of rotatable bonds is 3. The Kier molecular flexibility index (Phi) is 4.38. The van der Waals surface area contributed by atoms with E-state index >= 15 is 0 Å². The molecule has 0 saturated carbocycles. The monoisotopic (exact) mass is 390 g/mol. The third kappa shape index (κ3) is 2.95. The van der Waals surface area contributed by atoms with E-state index in [0.29, 0.717) is 30.1 Å². The first-order chi connectivity index (χ1) is 13.9. The van der Waals surface area contributed by atoms with Crippen LogP contribution < -0.4 is 15.4 Å². The van der Waals surface area contributed by atoms with Crippen molar-refractivity contribution in [3.63, 3.8) is 0 Å². The fraction of sp³-hybridized carbons (Fsp3) is 0.333. The van der Waals surface area contributed by atoms with Gasteiger partial charge >= 0.3 is 0 Å². The Balaban J connectivity index is 2.02. The molecule has 2 heterocycles. The van der Waals surface area contributed by atoms with Crippen molar-refractivity contribution in [1.82, 2.24) is 15.2 Å². The number of nitrogens with zero attached hydrogens (tertiary/aromatic N) is 4. The van der Waals surface area contributed by atoms with Crippen molar-refractivity contribution < 1.29 is 9.53 Å². The van der Waals surface area contributed by atoms with Crippen LogP contribution in [0.5, 0.6) is 5.75 Å². The molecule has 0 spiro atoms. The number of nitriles is 1. The number of Topliss-reactive ketones (excluding diaryl/α,β-unsaturated/α-hetero) is 1. The molecule has 0 amide bonds. The van der Waals surface area contributed by atoms with Crippen LogP contribution >= 0.6 is 0 Å². The zero-order valence-electron chi connectivity index (χ0n) is 16.6. The molecule has 2 aromatic rings. The molecule has 4 rings (SSSR count). The van der Waals surface area contributed by atoms with Gasteiger partial charge in [-0.05, 0) is 17.9 Å². The van der Waals surface area contributed by atoms with Crippen molar-refractivity contribution in [2.75, 3.05) is 12.0 Å². The predicted octanol–water partition coefficient (Wildman–Crippen LogP) is 2.75. The van der Waals surface area contributed by atoms with E-state index in [1.54, 1.807) is 12.0 Å². The number of benzene rings is 1. The zero-order chi connectivity index (χ0) is 20.8. The maximum Gasteiger partial charge on any atom is 0.231 e. The predicted molar refractivity (Wildman–Crippen MR) is 106 cm³/mol. The SMILES string of the molecule is COc1ccccc1[C@H]1C(C#N)=C(N)N(c2ncn[nH]2)C2=C1C(=O)CC(C)(C)C2. The molecule has 1 aromatic carbocycles. The lowest BCUT2D eigenvalue weighted by molar-refractivity contribution is -0.118. The molecule has 29 heavy (non-hydrogen) atoms. The summed E-state index contributed by atoms with van der Waals surface area (Å²) in [6.45, 7) is 4.09. The van der Waals surface area contributed by atoms with Crippen molar-refractivity contribution in [2.45, 2.75) is 32.6 Å². The Morgan fingerprint density at radius 1 is 1.34 bits per heavy atom. The van der Waals surface area contributed by atoms with E-state index in [4.69, 9.17) is 10.5 Å². The highest BCUT2D eigenvalue weighted by Crippen LogP contribution is 2.50. The third-order valence-electron chi connectivity index (χ3n) is 5.45. The minimum atomic E-state index is -0.589. The molecule has 8 heteroatoms. The van der Waals surface area contributed by atoms with Gasteiger partial charge in [-0.25, -0.2) is 5.10 Å². The Hall–Kier alpha value is -3.60. The van der Waals surface area contributed by atoms with Gasteiger partial charge in [0.25, 0.3) is 0 Å². The van der Waals surface area contributed by atoms with Gasteiger partial charge < -0.3 is 10.5 Å². The molecule has 0 bridgehead atoms. The number of H-pyrrole nitrogens is 1. The molecule has 3 N–H and O–H groups in total. The van der Waals surface area contributed by atoms with Gasteiger partial charge in [0.2, 0.25) is 5.95 Å². The van der Waals surface area contributed by atoms with Gasteiger partial charge in [-0.15, -0.1) is 0 Å². The average molecular weight is 390 g/mol. The smallest absolute Gasteiger partial charge is 0.231 e. The van der Waals surface area contributed by atoms with E-state index in [2.05, 4.69) is 21.3 Å². The number of carbonyl (C=O) groups excluding carboxylic acids is 1. The van der Waals surface area contributed by atoms with Gasteiger partial charge in [0, 0.05) is 23.3 Å². The van der Waals surface area contributed by atoms with Crippen molar-refractivity contribution in [1.29, 1.82) is 5.26 Å². The number of anilines is 1. The van der Waals surface area contributed by atoms with Gasteiger partial charge in [0.15, 0.2) is 5.78 Å². The van der Waals surface area contributed by atoms with Crippen molar-refractivity contribution >= 4 is 11.7 Å². The maximum absolute atomic E-state index is 13.4. The number of methoxy groups -OCH3 is 1. The first-order valence-electron chi connectivity index (χ1n) is 9.32. The molecule has 0 fully saturated rings. The minimum absolute atomic E-state index is 0.00285. The van der Waals surface area contributed by atoms with Crippen LogP contribution in [0.25, 0.3) is 0 Å². The summed E-state index contributed by atoms with van der Waals surface area (Å²) in [4.78, 5) is 19.2. The van der Waals surface area contributed by atoms with Crippen LogP contribution in [0.2, 0.25) is 0 Å². The zero-order valence-corrected chi connectivity index (χ0v) is 16.6. The summed E-state index contributed by atoms with van der Waals surface area (Å²) >= 11 is 0. The molecule has 0 unspecified atom stereocenters. The second kappa shape index (κ2) is 6.78. The first-order valence-corrected chi connectivity index (χ1v) is 9.32. The van der Waals surface area contributed by atoms with Crippen LogP contribution in [0.1, 0.15) is 38.2 Å². The van der Waals surface area contributed by atoms with Crippen LogP contribution in [0.15, 0.2) is 53.3 Å². The van der Waals surface area contributed by atoms with E-state index in [0.717, 1.165) is 11.3 Å². The van der Waals surface area contributed by atoms with Gasteiger partial charge in [-0.2, -0.15) is 15.3 Å². The number of nitrogens with one attached hydrogen (secondary N) is 1. The summed E-state index contributed by atoms with van der Waals surface area (Å²) in [6.07, 6.45) is 2.37. The molecule has 0 saturated heterocycles. The Bertz CT molecular complexity index is 1070. The fourth-order valence-corrected chi connectivity index (χ4v) is 4.27. The summed E-state index contributed by atoms with van der Waals surface area (Å²) in [7, 11) is 1.57. The number of para-hydroxylation sites is 1. The number of ketones is 1. The van der Waals surface area contributed by atoms with Crippen LogP contribution in [0.3, 0.4) is 0 Å². The van der Waals surface area contributed by atoms with Crippen LogP contribution in [-0.2, 0) is 4.79 Å². The van der Waals surface area contributed by atoms with Crippen molar-refractivity contribution in [2.24, 2.45) is 11.1 Å². The molecule has 1 aromatic heterocycles. The Labute approximate surface area is 168 Å². The number of aromatic amines is 1. The van der Waals surface area contributed by atoms with Gasteiger partial charge in [-0.1, -0.05) is 32.0 Å². The molecule has 1 aliphatic heterocycles. The molecule has 148 valence electrons. The Morgan fingerprint density at radius 3 is 2.76 bits per heavy atom. The van der Waals surface area contributed by atoms with E-state index in [1.807, 2.05) is 38.1 Å². The van der Waals surface area contributed by atoms with E-state index < -0.39 is 5.92 Å². The number of nitrogens with two attached hydrogens (primary N) is 1. The largest absolute Gasteiger partial charge is 0.496 e. The molecular formula is C21H22N6O2. The second-order valence-electron chi connectivity index (χ2n) is 8.03. The number of carbonyl (C=O) groups is 1. The second-order valence-corrected chi connectivity index (χ2v) is 8.03. The molecule has 0 radical (unpaired) electrons. The number of hydrogen-bond donors (Lipinski definition) is 2. The fourth-order valence-electron chi connectivity index (χ4n) is 4.27. The molecule has 1 atom stereocenters. The highest BCUT2D eigenvalue weighted by molar-refractivity contribution is 6.01. The number of ether oxygens (including phenoxy) is 1. The summed E-state index contributed by atoms with van der Waals surface area (Å²) < 4.78 is 5.53. The number of allylic oxidation sites excluding steroid dienone is 3. The van der Waals surface area contributed by atoms with E-state index in [-0.39, 0.29) is 22.6 Å². The van der Waals surface area contributed by atoms with Crippen molar-refractivity contribution in [3.8, 4) is 11.8 Å². The summed E-state index contributed by atoms with van der Waals surface area (Å²) in [5.41, 5.74) is 8.59. The van der Waals surface area contributed by atoms with E-state index in [9.17, 15) is 10.1 Å². The standard InChI is InChI=1S/C21H22N6O2/c1-21(2)8-14-18(15(28)9-21)17(12-6-4-5-7-16(12)29-3)13(10-22)19(23)27(14)20-24-11-25-26-20/h4-7,11,17H,8-9,23H2,1-3H3,(H,24,25,26)/t17-/m0/s1. The average Bonchev–Trinajstić information content (AvgIpc) is 3.20. The summed E-state index contributed by atoms with van der Waals surface area (Å²) in [5.74, 6) is 0.637. The Morgan fingerprint density at radius 2 is 2.10 bits per heavy atom. The van der Waals surface area contributed by atoms with Crippen LogP contribution in [0, 0.1) is 16.7 Å². The van der Waals surface area contributed by atoms with Gasteiger partial charge in [0.1, 0.15) is 17.9 Å². The molecule has 1 aliphatic carbocycles. The summed E-state index contributed by atoms with van der Waals surface area (Å²) in [5, 5.41) is 16.7. The minimum Gasteiger partial charge on any atom is -0.496 e. The number of aromatic nitrogens is 3. The van der Waals surface area contributed by atoms with Crippen LogP contribution in [0.4, 0.5) is 5.95 Å². The molecule has 2 aliphatic rings. The lowest BCUT2D eigenvalue weighted by Gasteiger charge is -2.42. The number of hydrogen-bond acceptors (Lipinski definition) is 7. The topological polar surface area (TPSA) is 121 Å². The van der Waals surface area contributed by atoms with Gasteiger partial charge in [-0.3, -0.25) is 9.69 Å². The van der Waals surface area contributed by atoms with E-state index in [1.165, 1.54) is 6.33 Å². The molecule has 8 nitrogen and oxygen atoms in total. The quantitative estimate of drug-likeness (QED) is 0.826. The van der Waals surface area contributed by atoms with Crippen molar-refractivity contribution in [3.05, 3.63) is 58.8 Å². The normalized spacial score (nSPS) is 21.1. The third-order valence-corrected chi connectivity index (χ3v) is 5.45.